The van der Waals surface area contributed by atoms with Crippen molar-refractivity contribution in [2.75, 3.05) is 0 Å². The third-order valence-electron chi connectivity index (χ3n) is 6.57. The Balaban J connectivity index is 1.43. The Morgan fingerprint density at radius 2 is 2.23 bits per heavy atom. The zero-order chi connectivity index (χ0) is 18.4. The normalized spacial score (nSPS) is 23.0. The van der Waals surface area contributed by atoms with Crippen LogP contribution in [0, 0.1) is 11.3 Å². The molecule has 0 aromatic carbocycles. The second kappa shape index (κ2) is 9.14. The molecular formula is C23H32O2S. The molecule has 0 bridgehead atoms. The number of hydrogen-bond acceptors (Lipinski definition) is 3. The summed E-state index contributed by atoms with van der Waals surface area (Å²) in [4.78, 5) is 12.9. The molecule has 0 saturated heterocycles. The molecule has 142 valence electrons. The van der Waals surface area contributed by atoms with Crippen LogP contribution in [0.2, 0.25) is 0 Å². The number of carbonyl (C=O) groups excluding carboxylic acids is 1. The topological polar surface area (TPSA) is 37.3 Å². The zero-order valence-corrected chi connectivity index (χ0v) is 16.8. The van der Waals surface area contributed by atoms with Crippen LogP contribution in [0.4, 0.5) is 0 Å². The van der Waals surface area contributed by atoms with Crippen molar-refractivity contribution in [2.24, 2.45) is 11.3 Å². The summed E-state index contributed by atoms with van der Waals surface area (Å²) in [5.41, 5.74) is 1.67. The first kappa shape index (κ1) is 19.6. The minimum absolute atomic E-state index is 0.177. The average molecular weight is 373 g/mol. The monoisotopic (exact) mass is 372 g/mol. The maximum absolute atomic E-state index is 10.8. The maximum atomic E-state index is 10.8. The first-order chi connectivity index (χ1) is 12.7. The van der Waals surface area contributed by atoms with E-state index in [0.29, 0.717) is 5.92 Å². The maximum Gasteiger partial charge on any atom is 0.160 e. The molecule has 1 heterocycles. The van der Waals surface area contributed by atoms with Gasteiger partial charge in [0.05, 0.1) is 11.0 Å². The number of allylic oxidation sites excluding steroid dienone is 3. The predicted octanol–water partition coefficient (Wildman–Crippen LogP) is 6.11. The number of hydrogen-bond donors (Lipinski definition) is 1. The lowest BCUT2D eigenvalue weighted by Gasteiger charge is -2.45. The SMILES string of the molecule is CCC1(C(O)C/C=C/C2=CCC[C@@H]2CCCc2ccc(C=O)s2)CCC1. The van der Waals surface area contributed by atoms with E-state index in [2.05, 4.69) is 31.2 Å². The van der Waals surface area contributed by atoms with E-state index < -0.39 is 0 Å². The van der Waals surface area contributed by atoms with Gasteiger partial charge in [-0.1, -0.05) is 31.6 Å². The van der Waals surface area contributed by atoms with E-state index in [1.54, 1.807) is 11.3 Å². The van der Waals surface area contributed by atoms with Gasteiger partial charge in [0.1, 0.15) is 0 Å². The van der Waals surface area contributed by atoms with Gasteiger partial charge < -0.3 is 5.11 Å². The largest absolute Gasteiger partial charge is 0.392 e. The molecule has 3 heteroatoms. The number of carbonyl (C=O) groups is 1. The van der Waals surface area contributed by atoms with Gasteiger partial charge in [0.2, 0.25) is 0 Å². The quantitative estimate of drug-likeness (QED) is 0.503. The number of aliphatic hydroxyl groups excluding tert-OH is 1. The van der Waals surface area contributed by atoms with Crippen LogP contribution in [0.5, 0.6) is 0 Å². The first-order valence-electron chi connectivity index (χ1n) is 10.3. The van der Waals surface area contributed by atoms with Gasteiger partial charge in [-0.05, 0) is 86.8 Å². The molecule has 26 heavy (non-hydrogen) atoms. The van der Waals surface area contributed by atoms with Crippen molar-refractivity contribution in [1.82, 2.24) is 0 Å². The van der Waals surface area contributed by atoms with Crippen LogP contribution < -0.4 is 0 Å². The van der Waals surface area contributed by atoms with Crippen LogP contribution in [0.1, 0.15) is 79.3 Å². The fourth-order valence-corrected chi connectivity index (χ4v) is 5.42. The summed E-state index contributed by atoms with van der Waals surface area (Å²) in [5.74, 6) is 0.665. The van der Waals surface area contributed by atoms with Gasteiger partial charge in [0.25, 0.3) is 0 Å². The van der Waals surface area contributed by atoms with Gasteiger partial charge in [0.15, 0.2) is 6.29 Å². The van der Waals surface area contributed by atoms with Gasteiger partial charge in [-0.25, -0.2) is 0 Å². The summed E-state index contributed by atoms with van der Waals surface area (Å²) in [6.45, 7) is 2.22. The molecule has 2 atom stereocenters. The van der Waals surface area contributed by atoms with E-state index >= 15 is 0 Å². The molecule has 1 N–H and O–H groups in total. The van der Waals surface area contributed by atoms with Crippen LogP contribution in [-0.4, -0.2) is 17.5 Å². The third kappa shape index (κ3) is 4.55. The molecule has 0 aliphatic heterocycles. The summed E-state index contributed by atoms with van der Waals surface area (Å²) in [5, 5.41) is 10.6. The number of aryl methyl sites for hydroxylation is 1. The summed E-state index contributed by atoms with van der Waals surface area (Å²) in [7, 11) is 0. The molecule has 1 aromatic heterocycles. The van der Waals surface area contributed by atoms with Gasteiger partial charge in [-0.15, -0.1) is 11.3 Å². The highest BCUT2D eigenvalue weighted by Crippen LogP contribution is 2.47. The van der Waals surface area contributed by atoms with Crippen molar-refractivity contribution in [3.8, 4) is 0 Å². The van der Waals surface area contributed by atoms with Crippen LogP contribution >= 0.6 is 11.3 Å². The van der Waals surface area contributed by atoms with E-state index in [0.717, 1.165) is 30.4 Å². The second-order valence-electron chi connectivity index (χ2n) is 8.02. The standard InChI is InChI=1S/C23H32O2S/c1-2-23(15-6-16-23)22(25)12-5-10-19-8-3-7-18(19)9-4-11-20-13-14-21(17-24)26-20/h5,8,10,13-14,17-18,22,25H,2-4,6-7,9,11-12,15-16H2,1H3/b10-5+/t18-,22?/m1/s1. The lowest BCUT2D eigenvalue weighted by molar-refractivity contribution is -0.0354. The van der Waals surface area contributed by atoms with Crippen LogP contribution in [0.15, 0.2) is 35.9 Å². The van der Waals surface area contributed by atoms with Crippen LogP contribution in [-0.2, 0) is 6.42 Å². The fourth-order valence-electron chi connectivity index (χ4n) is 4.55. The van der Waals surface area contributed by atoms with E-state index in [-0.39, 0.29) is 11.5 Å². The fraction of sp³-hybridized carbons (Fsp3) is 0.609. The van der Waals surface area contributed by atoms with E-state index in [1.807, 2.05) is 6.07 Å². The zero-order valence-electron chi connectivity index (χ0n) is 16.0. The van der Waals surface area contributed by atoms with Gasteiger partial charge in [-0.3, -0.25) is 4.79 Å². The number of thiophene rings is 1. The number of aliphatic hydroxyl groups is 1. The van der Waals surface area contributed by atoms with E-state index in [9.17, 15) is 9.90 Å². The smallest absolute Gasteiger partial charge is 0.160 e. The molecule has 0 radical (unpaired) electrons. The van der Waals surface area contributed by atoms with E-state index in [4.69, 9.17) is 0 Å². The third-order valence-corrected chi connectivity index (χ3v) is 7.64. The van der Waals surface area contributed by atoms with Crippen molar-refractivity contribution in [3.05, 3.63) is 45.7 Å². The van der Waals surface area contributed by atoms with Crippen LogP contribution in [0.25, 0.3) is 0 Å². The molecule has 0 spiro atoms. The molecule has 1 saturated carbocycles. The summed E-state index contributed by atoms with van der Waals surface area (Å²) in [6.07, 6.45) is 19.1. The molecule has 3 rings (SSSR count). The van der Waals surface area contributed by atoms with Crippen molar-refractivity contribution in [2.45, 2.75) is 77.2 Å². The Morgan fingerprint density at radius 3 is 2.88 bits per heavy atom. The summed E-state index contributed by atoms with van der Waals surface area (Å²) >= 11 is 1.62. The molecule has 1 fully saturated rings. The molecular weight excluding hydrogens is 340 g/mol. The first-order valence-corrected chi connectivity index (χ1v) is 11.1. The Kier molecular flexibility index (Phi) is 6.88. The van der Waals surface area contributed by atoms with Crippen molar-refractivity contribution in [3.63, 3.8) is 0 Å². The molecule has 2 aliphatic rings. The van der Waals surface area contributed by atoms with Gasteiger partial charge in [0, 0.05) is 4.88 Å². The van der Waals surface area contributed by atoms with Gasteiger partial charge >= 0.3 is 0 Å². The molecule has 0 amide bonds. The molecule has 2 aliphatic carbocycles. The average Bonchev–Trinajstić information content (AvgIpc) is 3.24. The second-order valence-corrected chi connectivity index (χ2v) is 9.22. The lowest BCUT2D eigenvalue weighted by atomic mass is 9.63. The molecule has 1 aromatic rings. The minimum atomic E-state index is -0.177. The highest BCUT2D eigenvalue weighted by molar-refractivity contribution is 7.13. The molecule has 2 nitrogen and oxygen atoms in total. The Bertz CT molecular complexity index is 645. The van der Waals surface area contributed by atoms with Crippen molar-refractivity contribution in [1.29, 1.82) is 0 Å². The highest BCUT2D eigenvalue weighted by Gasteiger charge is 2.40. The van der Waals surface area contributed by atoms with Crippen LogP contribution in [0.3, 0.4) is 0 Å². The number of aldehydes is 1. The molecule has 1 unspecified atom stereocenters. The van der Waals surface area contributed by atoms with Crippen molar-refractivity contribution >= 4 is 17.6 Å². The predicted molar refractivity (Wildman–Crippen MR) is 110 cm³/mol. The van der Waals surface area contributed by atoms with Gasteiger partial charge in [-0.2, -0.15) is 0 Å². The Labute approximate surface area is 162 Å². The number of rotatable bonds is 10. The summed E-state index contributed by atoms with van der Waals surface area (Å²) in [6, 6.07) is 4.01. The lowest BCUT2D eigenvalue weighted by Crippen LogP contribution is -2.40. The van der Waals surface area contributed by atoms with Crippen molar-refractivity contribution < 1.29 is 9.90 Å². The minimum Gasteiger partial charge on any atom is -0.392 e. The Morgan fingerprint density at radius 1 is 1.38 bits per heavy atom. The summed E-state index contributed by atoms with van der Waals surface area (Å²) < 4.78 is 0. The highest BCUT2D eigenvalue weighted by atomic mass is 32.1. The van der Waals surface area contributed by atoms with E-state index in [1.165, 1.54) is 55.4 Å². The Hall–Kier alpha value is -1.19.